The van der Waals surface area contributed by atoms with Gasteiger partial charge in [-0.1, -0.05) is 48.0 Å². The van der Waals surface area contributed by atoms with Crippen LogP contribution >= 0.6 is 11.6 Å². The first kappa shape index (κ1) is 18.7. The van der Waals surface area contributed by atoms with Gasteiger partial charge in [0.1, 0.15) is 10.9 Å². The van der Waals surface area contributed by atoms with Crippen molar-refractivity contribution in [1.82, 2.24) is 9.78 Å². The first-order valence-electron chi connectivity index (χ1n) is 8.49. The van der Waals surface area contributed by atoms with E-state index in [9.17, 15) is 9.90 Å². The quantitative estimate of drug-likeness (QED) is 0.503. The van der Waals surface area contributed by atoms with Crippen molar-refractivity contribution in [2.45, 2.75) is 20.4 Å². The molecule has 2 N–H and O–H groups in total. The SMILES string of the molecule is Cc1ccc(NC(=O)/C=C/c2c(C)nn(Cc3ccccc3)c2Cl)c(O)c1. The first-order chi connectivity index (χ1) is 12.9. The van der Waals surface area contributed by atoms with Crippen LogP contribution in [0.5, 0.6) is 5.75 Å². The molecule has 0 aliphatic rings. The number of hydrogen-bond acceptors (Lipinski definition) is 3. The van der Waals surface area contributed by atoms with Crippen LogP contribution in [0.1, 0.15) is 22.4 Å². The first-order valence-corrected chi connectivity index (χ1v) is 8.87. The lowest BCUT2D eigenvalue weighted by atomic mass is 10.2. The largest absolute Gasteiger partial charge is 0.506 e. The molecule has 1 aromatic heterocycles. The van der Waals surface area contributed by atoms with Gasteiger partial charge in [0.15, 0.2) is 0 Å². The van der Waals surface area contributed by atoms with E-state index in [1.54, 1.807) is 22.9 Å². The van der Waals surface area contributed by atoms with E-state index in [-0.39, 0.29) is 11.7 Å². The lowest BCUT2D eigenvalue weighted by molar-refractivity contribution is -0.111. The predicted molar refractivity (Wildman–Crippen MR) is 108 cm³/mol. The fourth-order valence-electron chi connectivity index (χ4n) is 2.70. The number of nitrogens with one attached hydrogen (secondary N) is 1. The van der Waals surface area contributed by atoms with Gasteiger partial charge in [-0.2, -0.15) is 5.10 Å². The van der Waals surface area contributed by atoms with Crippen molar-refractivity contribution in [2.24, 2.45) is 0 Å². The number of phenolic OH excluding ortho intramolecular Hbond substituents is 1. The summed E-state index contributed by atoms with van der Waals surface area (Å²) >= 11 is 6.44. The molecule has 0 bridgehead atoms. The van der Waals surface area contributed by atoms with Gasteiger partial charge < -0.3 is 10.4 Å². The molecule has 0 aliphatic carbocycles. The van der Waals surface area contributed by atoms with Crippen molar-refractivity contribution in [2.75, 3.05) is 5.32 Å². The Balaban J connectivity index is 1.74. The van der Waals surface area contributed by atoms with Gasteiger partial charge in [-0.25, -0.2) is 4.68 Å². The number of carbonyl (C=O) groups is 1. The summed E-state index contributed by atoms with van der Waals surface area (Å²) in [6.45, 7) is 4.26. The Morgan fingerprint density at radius 1 is 1.22 bits per heavy atom. The molecule has 1 amide bonds. The zero-order chi connectivity index (χ0) is 19.4. The number of phenols is 1. The van der Waals surface area contributed by atoms with Crippen LogP contribution in [0, 0.1) is 13.8 Å². The summed E-state index contributed by atoms with van der Waals surface area (Å²) in [5, 5.41) is 17.5. The van der Waals surface area contributed by atoms with Crippen molar-refractivity contribution >= 4 is 29.3 Å². The molecule has 0 fully saturated rings. The van der Waals surface area contributed by atoms with Crippen LogP contribution < -0.4 is 5.32 Å². The normalized spacial score (nSPS) is 11.1. The molecule has 0 radical (unpaired) electrons. The monoisotopic (exact) mass is 381 g/mol. The highest BCUT2D eigenvalue weighted by atomic mass is 35.5. The van der Waals surface area contributed by atoms with E-state index in [4.69, 9.17) is 11.6 Å². The number of nitrogens with zero attached hydrogens (tertiary/aromatic N) is 2. The molecule has 5 nitrogen and oxygen atoms in total. The Labute approximate surface area is 162 Å². The second-order valence-electron chi connectivity index (χ2n) is 6.28. The molecule has 6 heteroatoms. The summed E-state index contributed by atoms with van der Waals surface area (Å²) in [7, 11) is 0. The number of carbonyl (C=O) groups excluding carboxylic acids is 1. The molecule has 2 aromatic carbocycles. The number of anilines is 1. The Bertz CT molecular complexity index is 994. The Hall–Kier alpha value is -3.05. The topological polar surface area (TPSA) is 67.2 Å². The van der Waals surface area contributed by atoms with Crippen LogP contribution in [-0.4, -0.2) is 20.8 Å². The van der Waals surface area contributed by atoms with Gasteiger partial charge in [-0.15, -0.1) is 0 Å². The Kier molecular flexibility index (Phi) is 5.62. The minimum Gasteiger partial charge on any atom is -0.506 e. The van der Waals surface area contributed by atoms with Gasteiger partial charge in [0.25, 0.3) is 0 Å². The fraction of sp³-hybridized carbons (Fsp3) is 0.143. The van der Waals surface area contributed by atoms with Crippen LogP contribution in [0.2, 0.25) is 5.15 Å². The zero-order valence-corrected chi connectivity index (χ0v) is 15.9. The van der Waals surface area contributed by atoms with Gasteiger partial charge in [0, 0.05) is 11.6 Å². The van der Waals surface area contributed by atoms with E-state index >= 15 is 0 Å². The molecule has 0 saturated heterocycles. The highest BCUT2D eigenvalue weighted by molar-refractivity contribution is 6.31. The van der Waals surface area contributed by atoms with Crippen molar-refractivity contribution in [3.05, 3.63) is 82.1 Å². The molecule has 27 heavy (non-hydrogen) atoms. The third-order valence-electron chi connectivity index (χ3n) is 4.10. The second-order valence-corrected chi connectivity index (χ2v) is 6.63. The summed E-state index contributed by atoms with van der Waals surface area (Å²) in [6.07, 6.45) is 3.01. The summed E-state index contributed by atoms with van der Waals surface area (Å²) in [4.78, 5) is 12.2. The van der Waals surface area contributed by atoms with Crippen LogP contribution in [-0.2, 0) is 11.3 Å². The highest BCUT2D eigenvalue weighted by Gasteiger charge is 2.12. The lowest BCUT2D eigenvalue weighted by Crippen LogP contribution is -2.07. The Morgan fingerprint density at radius 3 is 2.67 bits per heavy atom. The minimum atomic E-state index is -0.361. The van der Waals surface area contributed by atoms with Crippen molar-refractivity contribution in [3.63, 3.8) is 0 Å². The molecule has 1 heterocycles. The van der Waals surface area contributed by atoms with Crippen molar-refractivity contribution in [1.29, 1.82) is 0 Å². The van der Waals surface area contributed by atoms with Gasteiger partial charge in [-0.05, 0) is 43.2 Å². The highest BCUT2D eigenvalue weighted by Crippen LogP contribution is 2.25. The number of aromatic hydroxyl groups is 1. The molecule has 0 aliphatic heterocycles. The molecule has 0 atom stereocenters. The fourth-order valence-corrected chi connectivity index (χ4v) is 3.00. The van der Waals surface area contributed by atoms with Crippen LogP contribution in [0.15, 0.2) is 54.6 Å². The molecule has 3 aromatic rings. The van der Waals surface area contributed by atoms with Gasteiger partial charge in [-0.3, -0.25) is 4.79 Å². The molecule has 0 unspecified atom stereocenters. The maximum Gasteiger partial charge on any atom is 0.248 e. The molecule has 0 spiro atoms. The zero-order valence-electron chi connectivity index (χ0n) is 15.1. The van der Waals surface area contributed by atoms with Crippen LogP contribution in [0.25, 0.3) is 6.08 Å². The smallest absolute Gasteiger partial charge is 0.248 e. The lowest BCUT2D eigenvalue weighted by Gasteiger charge is -2.05. The van der Waals surface area contributed by atoms with E-state index in [2.05, 4.69) is 10.4 Å². The van der Waals surface area contributed by atoms with E-state index in [1.165, 1.54) is 6.08 Å². The predicted octanol–water partition coefficient (Wildman–Crippen LogP) is 4.56. The number of rotatable bonds is 5. The van der Waals surface area contributed by atoms with Gasteiger partial charge >= 0.3 is 0 Å². The molecular weight excluding hydrogens is 362 g/mol. The molecule has 3 rings (SSSR count). The number of halogens is 1. The van der Waals surface area contributed by atoms with Crippen molar-refractivity contribution < 1.29 is 9.90 Å². The minimum absolute atomic E-state index is 0.0293. The van der Waals surface area contributed by atoms with Gasteiger partial charge in [0.05, 0.1) is 17.9 Å². The number of aryl methyl sites for hydroxylation is 2. The summed E-state index contributed by atoms with van der Waals surface area (Å²) in [5.41, 5.74) is 3.78. The number of aromatic nitrogens is 2. The summed E-state index contributed by atoms with van der Waals surface area (Å²) in [5.74, 6) is -0.331. The second kappa shape index (κ2) is 8.10. The van der Waals surface area contributed by atoms with E-state index in [0.29, 0.717) is 22.9 Å². The summed E-state index contributed by atoms with van der Waals surface area (Å²) in [6, 6.07) is 15.0. The molecule has 0 saturated carbocycles. The number of hydrogen-bond donors (Lipinski definition) is 2. The third-order valence-corrected chi connectivity index (χ3v) is 4.50. The van der Waals surface area contributed by atoms with Gasteiger partial charge in [0.2, 0.25) is 5.91 Å². The third kappa shape index (κ3) is 4.57. The van der Waals surface area contributed by atoms with Crippen molar-refractivity contribution in [3.8, 4) is 5.75 Å². The van der Waals surface area contributed by atoms with Crippen LogP contribution in [0.4, 0.5) is 5.69 Å². The number of benzene rings is 2. The summed E-state index contributed by atoms with van der Waals surface area (Å²) < 4.78 is 1.70. The van der Waals surface area contributed by atoms with E-state index in [0.717, 1.165) is 16.8 Å². The van der Waals surface area contributed by atoms with E-state index < -0.39 is 0 Å². The maximum absolute atomic E-state index is 12.2. The Morgan fingerprint density at radius 2 is 1.96 bits per heavy atom. The standard InChI is InChI=1S/C21H20ClN3O2/c1-14-8-10-18(19(26)12-14)23-20(27)11-9-17-15(2)24-25(21(17)22)13-16-6-4-3-5-7-16/h3-12,26H,13H2,1-2H3,(H,23,27)/b11-9+. The maximum atomic E-state index is 12.2. The molecular formula is C21H20ClN3O2. The molecule has 138 valence electrons. The van der Waals surface area contributed by atoms with E-state index in [1.807, 2.05) is 50.2 Å². The number of amides is 1. The average Bonchev–Trinajstić information content (AvgIpc) is 2.90. The average molecular weight is 382 g/mol. The van der Waals surface area contributed by atoms with Crippen LogP contribution in [0.3, 0.4) is 0 Å².